The molecule has 0 radical (unpaired) electrons. The van der Waals surface area contributed by atoms with Gasteiger partial charge in [-0.05, 0) is 0 Å². The van der Waals surface area contributed by atoms with E-state index in [-0.39, 0.29) is 0 Å². The summed E-state index contributed by atoms with van der Waals surface area (Å²) in [4.78, 5) is 0. The molecule has 0 spiro atoms. The Hall–Kier alpha value is 0.640. The van der Waals surface area contributed by atoms with Gasteiger partial charge >= 0.3 is 8.69 Å². The first-order chi connectivity index (χ1) is 2.77. The molecule has 36 valence electrons. The van der Waals surface area contributed by atoms with Crippen molar-refractivity contribution in [3.05, 3.63) is 0 Å². The van der Waals surface area contributed by atoms with Crippen LogP contribution in [-0.2, 0) is 9.09 Å². The third kappa shape index (κ3) is 4.64. The fourth-order valence-electron chi connectivity index (χ4n) is 0.0325. The molecule has 0 N–H and O–H groups in total. The highest BCUT2D eigenvalue weighted by Gasteiger charge is 1.92. The van der Waals surface area contributed by atoms with Crippen LogP contribution in [0.5, 0.6) is 0 Å². The summed E-state index contributed by atoms with van der Waals surface area (Å²) in [5, 5.41) is -0.982. The van der Waals surface area contributed by atoms with Crippen molar-refractivity contribution in [1.82, 2.24) is 0 Å². The van der Waals surface area contributed by atoms with Gasteiger partial charge in [-0.15, -0.1) is 0 Å². The van der Waals surface area contributed by atoms with Gasteiger partial charge in [-0.2, -0.15) is 0 Å². The maximum Gasteiger partial charge on any atom is 0.330 e. The molecule has 0 atom stereocenters. The first-order valence-electron chi connectivity index (χ1n) is 1.04. The maximum atomic E-state index is 9.32. The summed E-state index contributed by atoms with van der Waals surface area (Å²) in [6, 6.07) is 0. The molecule has 0 amide bonds. The third-order valence-corrected chi connectivity index (χ3v) is 0.846. The van der Waals surface area contributed by atoms with Crippen LogP contribution in [0.25, 0.3) is 0 Å². The van der Waals surface area contributed by atoms with Gasteiger partial charge in [-0.25, -0.2) is 4.57 Å². The molecule has 0 rings (SSSR count). The maximum absolute atomic E-state index is 9.32. The Morgan fingerprint density at radius 3 is 2.17 bits per heavy atom. The van der Waals surface area contributed by atoms with Gasteiger partial charge in [0.2, 0.25) is 5.02 Å². The van der Waals surface area contributed by atoms with Crippen LogP contribution < -0.4 is 0 Å². The number of halogens is 2. The molecule has 5 heteroatoms. The van der Waals surface area contributed by atoms with Crippen molar-refractivity contribution in [2.75, 3.05) is 0 Å². The topological polar surface area (TPSA) is 26.3 Å². The first kappa shape index (κ1) is 6.64. The smallest absolute Gasteiger partial charge is 0.259 e. The summed E-state index contributed by atoms with van der Waals surface area (Å²) in [7, 11) is -0.490. The molecule has 0 saturated carbocycles. The highest BCUT2D eigenvalue weighted by Crippen LogP contribution is 2.09. The van der Waals surface area contributed by atoms with Gasteiger partial charge in [0.1, 0.15) is 0 Å². The van der Waals surface area contributed by atoms with Crippen LogP contribution in [0.1, 0.15) is 0 Å². The monoisotopic (exact) mass is 146 g/mol. The van der Waals surface area contributed by atoms with Crippen molar-refractivity contribution in [3.8, 4) is 0 Å². The van der Waals surface area contributed by atoms with Crippen LogP contribution >= 0.6 is 31.9 Å². The largest absolute Gasteiger partial charge is 0.330 e. The molecule has 0 aliphatic carbocycles. The quantitative estimate of drug-likeness (QED) is 0.440. The van der Waals surface area contributed by atoms with Gasteiger partial charge in [0.25, 0.3) is 0 Å². The molecule has 0 aliphatic rings. The Morgan fingerprint density at radius 1 is 1.67 bits per heavy atom. The van der Waals surface area contributed by atoms with Crippen molar-refractivity contribution in [2.24, 2.45) is 0 Å². The Labute approximate surface area is 46.7 Å². The van der Waals surface area contributed by atoms with Gasteiger partial charge in [-0.3, -0.25) is 4.52 Å². The van der Waals surface area contributed by atoms with Crippen molar-refractivity contribution in [3.63, 3.8) is 0 Å². The summed E-state index contributed by atoms with van der Waals surface area (Å²) in [6.45, 7) is 0. The summed E-state index contributed by atoms with van der Waals surface area (Å²) >= 11 is 9.83. The Balaban J connectivity index is 2.81. The Morgan fingerprint density at radius 2 is 2.17 bits per heavy atom. The number of alkyl halides is 2. The number of rotatable bonds is 2. The van der Waals surface area contributed by atoms with Gasteiger partial charge in [0.15, 0.2) is 0 Å². The molecule has 0 unspecified atom stereocenters. The average molecular weight is 147 g/mol. The zero-order valence-electron chi connectivity index (χ0n) is 2.60. The molecule has 2 nitrogen and oxygen atoms in total. The van der Waals surface area contributed by atoms with E-state index in [9.17, 15) is 4.57 Å². The highest BCUT2D eigenvalue weighted by atomic mass is 35.5. The average Bonchev–Trinajstić information content (AvgIpc) is 1.35. The second-order valence-corrected chi connectivity index (χ2v) is 1.82. The van der Waals surface area contributed by atoms with E-state index in [2.05, 4.69) is 4.52 Å². The molecular weight excluding hydrogens is 146 g/mol. The fourth-order valence-corrected chi connectivity index (χ4v) is 0.293. The van der Waals surface area contributed by atoms with E-state index in [0.717, 1.165) is 0 Å². The zero-order valence-corrected chi connectivity index (χ0v) is 5.00. The van der Waals surface area contributed by atoms with Crippen LogP contribution in [-0.4, -0.2) is 5.02 Å². The van der Waals surface area contributed by atoms with Gasteiger partial charge in [-0.1, -0.05) is 23.2 Å². The van der Waals surface area contributed by atoms with Crippen molar-refractivity contribution in [2.45, 2.75) is 5.02 Å². The van der Waals surface area contributed by atoms with Crippen LogP contribution in [0, 0.1) is 0 Å². The lowest BCUT2D eigenvalue weighted by Gasteiger charge is -1.85. The molecule has 6 heavy (non-hydrogen) atoms. The minimum absolute atomic E-state index is 0.490. The normalized spacial score (nSPS) is 10.5. The van der Waals surface area contributed by atoms with Crippen molar-refractivity contribution >= 4 is 31.9 Å². The molecule has 0 aromatic rings. The number of hydrogen-bond acceptors (Lipinski definition) is 2. The molecule has 0 heterocycles. The van der Waals surface area contributed by atoms with E-state index in [0.29, 0.717) is 0 Å². The zero-order chi connectivity index (χ0) is 4.99. The molecule has 0 aromatic carbocycles. The second-order valence-electron chi connectivity index (χ2n) is 0.441. The molecule has 0 saturated heterocycles. The van der Waals surface area contributed by atoms with E-state index in [1.165, 1.54) is 0 Å². The summed E-state index contributed by atoms with van der Waals surface area (Å²) in [6.07, 6.45) is 0. The van der Waals surface area contributed by atoms with E-state index >= 15 is 0 Å². The fraction of sp³-hybridized carbons (Fsp3) is 1.00. The first-order valence-corrected chi connectivity index (χ1v) is 2.64. The van der Waals surface area contributed by atoms with Gasteiger partial charge in [0.05, 0.1) is 0 Å². The minimum atomic E-state index is -0.982. The van der Waals surface area contributed by atoms with Gasteiger partial charge in [0, 0.05) is 0 Å². The lowest BCUT2D eigenvalue weighted by atomic mass is 11.7. The standard InChI is InChI=1S/CHCl2O2P/c2-1(3)5-6-4/h1H. The molecular formula is CHCl2O2P. The predicted molar refractivity (Wildman–Crippen MR) is 24.2 cm³/mol. The summed E-state index contributed by atoms with van der Waals surface area (Å²) in [5.41, 5.74) is 0. The van der Waals surface area contributed by atoms with Crippen molar-refractivity contribution in [1.29, 1.82) is 0 Å². The van der Waals surface area contributed by atoms with Crippen LogP contribution in [0.4, 0.5) is 0 Å². The van der Waals surface area contributed by atoms with E-state index in [4.69, 9.17) is 23.2 Å². The lowest BCUT2D eigenvalue weighted by molar-refractivity contribution is 0.379. The van der Waals surface area contributed by atoms with Crippen LogP contribution in [0.2, 0.25) is 0 Å². The minimum Gasteiger partial charge on any atom is -0.259 e. The van der Waals surface area contributed by atoms with E-state index in [1.807, 2.05) is 0 Å². The summed E-state index contributed by atoms with van der Waals surface area (Å²) in [5.74, 6) is 0. The summed E-state index contributed by atoms with van der Waals surface area (Å²) < 4.78 is 13.3. The lowest BCUT2D eigenvalue weighted by Crippen LogP contribution is -1.79. The SMILES string of the molecule is O=POC(Cl)Cl. The predicted octanol–water partition coefficient (Wildman–Crippen LogP) is 1.97. The van der Waals surface area contributed by atoms with Crippen molar-refractivity contribution < 1.29 is 9.09 Å². The van der Waals surface area contributed by atoms with E-state index in [1.54, 1.807) is 0 Å². The highest BCUT2D eigenvalue weighted by molar-refractivity contribution is 7.17. The van der Waals surface area contributed by atoms with E-state index < -0.39 is 13.7 Å². The molecule has 0 aliphatic heterocycles. The second kappa shape index (κ2) is 3.82. The Bertz CT molecular complexity index is 46.8. The third-order valence-electron chi connectivity index (χ3n) is 0.123. The Kier molecular flexibility index (Phi) is 4.22. The molecule has 0 aromatic heterocycles. The number of hydrogen-bond donors (Lipinski definition) is 0. The van der Waals surface area contributed by atoms with Gasteiger partial charge < -0.3 is 0 Å². The molecule has 0 bridgehead atoms. The van der Waals surface area contributed by atoms with Crippen LogP contribution in [0.15, 0.2) is 0 Å². The molecule has 0 fully saturated rings. The van der Waals surface area contributed by atoms with Crippen LogP contribution in [0.3, 0.4) is 0 Å².